The number of primary amides is 1. The van der Waals surface area contributed by atoms with Crippen LogP contribution in [0.5, 0.6) is 0 Å². The van der Waals surface area contributed by atoms with Crippen LogP contribution in [0.4, 0.5) is 16.2 Å². The Kier molecular flexibility index (Phi) is 4.38. The fraction of sp³-hybridized carbons (Fsp3) is 0.500. The molecule has 0 bridgehead atoms. The minimum Gasteiger partial charge on any atom is -0.443 e. The number of hydrogen-bond donors (Lipinski definition) is 1. The van der Waals surface area contributed by atoms with Crippen LogP contribution in [0.25, 0.3) is 0 Å². The fourth-order valence-corrected chi connectivity index (χ4v) is 2.82. The molecule has 2 N–H and O–H groups in total. The van der Waals surface area contributed by atoms with E-state index < -0.39 is 24.0 Å². The quantitative estimate of drug-likeness (QED) is 0.894. The minimum atomic E-state index is -0.508. The monoisotopic (exact) mass is 319 g/mol. The van der Waals surface area contributed by atoms with E-state index in [-0.39, 0.29) is 0 Å². The number of rotatable bonds is 4. The zero-order valence-corrected chi connectivity index (χ0v) is 13.1. The van der Waals surface area contributed by atoms with Crippen molar-refractivity contribution in [2.75, 3.05) is 42.6 Å². The lowest BCUT2D eigenvalue weighted by Crippen LogP contribution is -2.36. The third kappa shape index (κ3) is 3.24. The fourth-order valence-electron chi connectivity index (χ4n) is 2.82. The first kappa shape index (κ1) is 15.6. The molecular weight excluding hydrogens is 298 g/mol. The highest BCUT2D eigenvalue weighted by molar-refractivity contribution is 5.91. The van der Waals surface area contributed by atoms with Gasteiger partial charge in [-0.2, -0.15) is 0 Å². The van der Waals surface area contributed by atoms with Crippen LogP contribution in [-0.2, 0) is 14.3 Å². The number of hydrogen-bond acceptors (Lipinski definition) is 5. The molecule has 0 spiro atoms. The number of nitrogens with two attached hydrogens (primary N) is 1. The third-order valence-electron chi connectivity index (χ3n) is 4.36. The van der Waals surface area contributed by atoms with Gasteiger partial charge in [0.05, 0.1) is 25.7 Å². The van der Waals surface area contributed by atoms with Crippen molar-refractivity contribution in [2.24, 2.45) is 11.7 Å². The Bertz CT molecular complexity index is 601. The Labute approximate surface area is 134 Å². The molecule has 0 aromatic heterocycles. The molecule has 7 heteroatoms. The molecule has 0 aliphatic carbocycles. The van der Waals surface area contributed by atoms with E-state index in [1.165, 1.54) is 0 Å². The standard InChI is InChI=1S/C16H21N3O4/c1-11(15(17)20)14-10-19(16(21)23-14)13-4-2-3-12(9-13)18-5-7-22-8-6-18/h2-4,9,11,14H,5-8,10H2,1H3,(H2,17,20)/t11-,14?/m0/s1. The number of nitrogens with zero attached hydrogens (tertiary/aromatic N) is 2. The number of benzene rings is 1. The molecule has 7 nitrogen and oxygen atoms in total. The molecule has 1 aromatic rings. The van der Waals surface area contributed by atoms with Crippen LogP contribution in [0.3, 0.4) is 0 Å². The first-order valence-corrected chi connectivity index (χ1v) is 7.76. The second-order valence-electron chi connectivity index (χ2n) is 5.84. The molecule has 23 heavy (non-hydrogen) atoms. The number of ether oxygens (including phenoxy) is 2. The van der Waals surface area contributed by atoms with E-state index in [9.17, 15) is 9.59 Å². The number of carbonyl (C=O) groups excluding carboxylic acids is 2. The predicted molar refractivity (Wildman–Crippen MR) is 85.4 cm³/mol. The third-order valence-corrected chi connectivity index (χ3v) is 4.36. The maximum Gasteiger partial charge on any atom is 0.414 e. The molecule has 2 heterocycles. The topological polar surface area (TPSA) is 85.1 Å². The van der Waals surface area contributed by atoms with Crippen molar-refractivity contribution in [2.45, 2.75) is 13.0 Å². The van der Waals surface area contributed by atoms with Crippen molar-refractivity contribution in [3.8, 4) is 0 Å². The van der Waals surface area contributed by atoms with Crippen LogP contribution in [0.2, 0.25) is 0 Å². The molecule has 2 atom stereocenters. The minimum absolute atomic E-state index is 0.329. The first-order chi connectivity index (χ1) is 11.1. The van der Waals surface area contributed by atoms with E-state index in [4.69, 9.17) is 15.2 Å². The maximum absolute atomic E-state index is 12.1. The lowest BCUT2D eigenvalue weighted by atomic mass is 10.0. The van der Waals surface area contributed by atoms with Gasteiger partial charge in [0.15, 0.2) is 0 Å². The second kappa shape index (κ2) is 6.45. The van der Waals surface area contributed by atoms with Gasteiger partial charge in [-0.1, -0.05) is 6.07 Å². The summed E-state index contributed by atoms with van der Waals surface area (Å²) in [6.07, 6.45) is -0.950. The number of anilines is 2. The first-order valence-electron chi connectivity index (χ1n) is 7.76. The predicted octanol–water partition coefficient (Wildman–Crippen LogP) is 0.970. The highest BCUT2D eigenvalue weighted by Gasteiger charge is 2.37. The zero-order chi connectivity index (χ0) is 16.4. The average Bonchev–Trinajstić information content (AvgIpc) is 2.97. The lowest BCUT2D eigenvalue weighted by Gasteiger charge is -2.29. The highest BCUT2D eigenvalue weighted by atomic mass is 16.6. The summed E-state index contributed by atoms with van der Waals surface area (Å²) in [5.41, 5.74) is 7.11. The van der Waals surface area contributed by atoms with Gasteiger partial charge in [0, 0.05) is 24.5 Å². The zero-order valence-electron chi connectivity index (χ0n) is 13.1. The van der Waals surface area contributed by atoms with Gasteiger partial charge in [-0.3, -0.25) is 9.69 Å². The molecule has 2 aliphatic heterocycles. The van der Waals surface area contributed by atoms with Crippen LogP contribution < -0.4 is 15.5 Å². The summed E-state index contributed by atoms with van der Waals surface area (Å²) < 4.78 is 10.7. The average molecular weight is 319 g/mol. The van der Waals surface area contributed by atoms with Crippen molar-refractivity contribution < 1.29 is 19.1 Å². The van der Waals surface area contributed by atoms with E-state index >= 15 is 0 Å². The van der Waals surface area contributed by atoms with Gasteiger partial charge in [-0.05, 0) is 25.1 Å². The van der Waals surface area contributed by atoms with E-state index in [2.05, 4.69) is 4.90 Å². The second-order valence-corrected chi connectivity index (χ2v) is 5.84. The molecular formula is C16H21N3O4. The Morgan fingerprint density at radius 1 is 1.30 bits per heavy atom. The Hall–Kier alpha value is -2.28. The van der Waals surface area contributed by atoms with E-state index in [0.29, 0.717) is 19.8 Å². The van der Waals surface area contributed by atoms with E-state index in [1.54, 1.807) is 11.8 Å². The van der Waals surface area contributed by atoms with E-state index in [0.717, 1.165) is 24.5 Å². The summed E-state index contributed by atoms with van der Waals surface area (Å²) in [5, 5.41) is 0. The summed E-state index contributed by atoms with van der Waals surface area (Å²) in [5.74, 6) is -0.974. The number of carbonyl (C=O) groups is 2. The largest absolute Gasteiger partial charge is 0.443 e. The van der Waals surface area contributed by atoms with Gasteiger partial charge in [0.1, 0.15) is 6.10 Å². The number of amides is 2. The molecule has 2 amide bonds. The van der Waals surface area contributed by atoms with Crippen LogP contribution in [0.15, 0.2) is 24.3 Å². The van der Waals surface area contributed by atoms with Crippen molar-refractivity contribution in [1.82, 2.24) is 0 Å². The van der Waals surface area contributed by atoms with E-state index in [1.807, 2.05) is 24.3 Å². The van der Waals surface area contributed by atoms with Crippen molar-refractivity contribution >= 4 is 23.4 Å². The molecule has 0 saturated carbocycles. The van der Waals surface area contributed by atoms with Crippen LogP contribution in [-0.4, -0.2) is 51.0 Å². The van der Waals surface area contributed by atoms with Gasteiger partial charge in [0.2, 0.25) is 5.91 Å². The van der Waals surface area contributed by atoms with Crippen molar-refractivity contribution in [1.29, 1.82) is 0 Å². The van der Waals surface area contributed by atoms with Crippen molar-refractivity contribution in [3.05, 3.63) is 24.3 Å². The van der Waals surface area contributed by atoms with Gasteiger partial charge in [-0.15, -0.1) is 0 Å². The Morgan fingerprint density at radius 2 is 2.00 bits per heavy atom. The van der Waals surface area contributed by atoms with Crippen LogP contribution >= 0.6 is 0 Å². The molecule has 124 valence electrons. The Balaban J connectivity index is 1.76. The molecule has 1 aromatic carbocycles. The van der Waals surface area contributed by atoms with Gasteiger partial charge in [0.25, 0.3) is 0 Å². The molecule has 1 unspecified atom stereocenters. The molecule has 0 radical (unpaired) electrons. The van der Waals surface area contributed by atoms with Gasteiger partial charge in [-0.25, -0.2) is 4.79 Å². The smallest absolute Gasteiger partial charge is 0.414 e. The summed E-state index contributed by atoms with van der Waals surface area (Å²) in [4.78, 5) is 27.2. The number of cyclic esters (lactones) is 1. The SMILES string of the molecule is C[C@H](C(N)=O)C1CN(c2cccc(N3CCOCC3)c2)C(=O)O1. The summed E-state index contributed by atoms with van der Waals surface area (Å²) in [7, 11) is 0. The lowest BCUT2D eigenvalue weighted by molar-refractivity contribution is -0.123. The highest BCUT2D eigenvalue weighted by Crippen LogP contribution is 2.28. The number of morpholine rings is 1. The molecule has 3 rings (SSSR count). The van der Waals surface area contributed by atoms with Gasteiger partial charge < -0.3 is 20.1 Å². The normalized spacial score (nSPS) is 22.8. The van der Waals surface area contributed by atoms with Crippen molar-refractivity contribution in [3.63, 3.8) is 0 Å². The molecule has 2 fully saturated rings. The van der Waals surface area contributed by atoms with Crippen LogP contribution in [0.1, 0.15) is 6.92 Å². The molecule has 2 saturated heterocycles. The maximum atomic E-state index is 12.1. The van der Waals surface area contributed by atoms with Crippen LogP contribution in [0, 0.1) is 5.92 Å². The summed E-state index contributed by atoms with van der Waals surface area (Å²) in [6.45, 7) is 5.07. The molecule has 2 aliphatic rings. The Morgan fingerprint density at radius 3 is 2.70 bits per heavy atom. The summed E-state index contributed by atoms with van der Waals surface area (Å²) >= 11 is 0. The van der Waals surface area contributed by atoms with Gasteiger partial charge >= 0.3 is 6.09 Å². The summed E-state index contributed by atoms with van der Waals surface area (Å²) in [6, 6.07) is 7.75.